The Bertz CT molecular complexity index is 1380. The molecule has 0 aliphatic carbocycles. The van der Waals surface area contributed by atoms with Crippen LogP contribution in [0.4, 0.5) is 0 Å². The first kappa shape index (κ1) is 68.6. The lowest BCUT2D eigenvalue weighted by Gasteiger charge is -2.18. The summed E-state index contributed by atoms with van der Waals surface area (Å²) in [4.78, 5) is 38.1. The molecule has 0 rings (SSSR count). The molecule has 1 unspecified atom stereocenters. The third kappa shape index (κ3) is 57.5. The molecule has 1 atom stereocenters. The van der Waals surface area contributed by atoms with Gasteiger partial charge in [0, 0.05) is 19.3 Å². The molecule has 0 N–H and O–H groups in total. The van der Waals surface area contributed by atoms with E-state index in [1.807, 2.05) is 0 Å². The topological polar surface area (TPSA) is 78.9 Å². The van der Waals surface area contributed by atoms with Crippen molar-refractivity contribution in [2.45, 2.75) is 303 Å². The van der Waals surface area contributed by atoms with Gasteiger partial charge in [0.15, 0.2) is 6.10 Å². The summed E-state index contributed by atoms with van der Waals surface area (Å²) < 4.78 is 16.8. The minimum absolute atomic E-state index is 0.0766. The summed E-state index contributed by atoms with van der Waals surface area (Å²) in [7, 11) is 0. The lowest BCUT2D eigenvalue weighted by Crippen LogP contribution is -2.30. The van der Waals surface area contributed by atoms with Crippen molar-refractivity contribution in [1.29, 1.82) is 0 Å². The van der Waals surface area contributed by atoms with Crippen LogP contribution in [0.2, 0.25) is 0 Å². The number of carbonyl (C=O) groups is 3. The number of allylic oxidation sites excluding steroid dienone is 14. The van der Waals surface area contributed by atoms with Crippen molar-refractivity contribution in [1.82, 2.24) is 0 Å². The van der Waals surface area contributed by atoms with Gasteiger partial charge in [-0.3, -0.25) is 14.4 Å². The predicted octanol–water partition coefficient (Wildman–Crippen LogP) is 20.7. The van der Waals surface area contributed by atoms with Crippen LogP contribution in [-0.4, -0.2) is 37.2 Å². The molecule has 0 spiro atoms. The van der Waals surface area contributed by atoms with Gasteiger partial charge in [-0.1, -0.05) is 266 Å². The molecular weight excluding hydrogens is 889 g/mol. The maximum atomic E-state index is 12.8. The van der Waals surface area contributed by atoms with Crippen LogP contribution in [0, 0.1) is 0 Å². The number of hydrogen-bond acceptors (Lipinski definition) is 6. The Kier molecular flexibility index (Phi) is 57.3. The average Bonchev–Trinajstić information content (AvgIpc) is 3.38. The molecule has 0 aliphatic rings. The fraction of sp³-hybridized carbons (Fsp3) is 0.742. The summed E-state index contributed by atoms with van der Waals surface area (Å²) in [6.45, 7) is 6.51. The minimum atomic E-state index is -0.778. The molecule has 0 bridgehead atoms. The molecule has 0 saturated carbocycles. The van der Waals surface area contributed by atoms with Crippen LogP contribution < -0.4 is 0 Å². The third-order valence-electron chi connectivity index (χ3n) is 13.1. The SMILES string of the molecule is CC/C=C\C/C=C\C/C=C\C/C=C\C/C=C\C/C=C\CCCCCCCCCCCCCCC(=O)OCC(COC(=O)CCCCCCCCCCCC)OC(=O)CCCCCCC/C=C\CCCCCC. The van der Waals surface area contributed by atoms with Crippen LogP contribution in [-0.2, 0) is 28.6 Å². The van der Waals surface area contributed by atoms with E-state index >= 15 is 0 Å². The third-order valence-corrected chi connectivity index (χ3v) is 13.1. The van der Waals surface area contributed by atoms with E-state index in [-0.39, 0.29) is 31.1 Å². The van der Waals surface area contributed by atoms with Gasteiger partial charge in [0.25, 0.3) is 0 Å². The van der Waals surface area contributed by atoms with Crippen molar-refractivity contribution >= 4 is 17.9 Å². The van der Waals surface area contributed by atoms with E-state index < -0.39 is 6.10 Å². The molecule has 0 aromatic heterocycles. The van der Waals surface area contributed by atoms with E-state index in [2.05, 4.69) is 106 Å². The van der Waals surface area contributed by atoms with E-state index in [1.54, 1.807) is 0 Å². The molecule has 72 heavy (non-hydrogen) atoms. The molecule has 6 heteroatoms. The van der Waals surface area contributed by atoms with Gasteiger partial charge in [0.05, 0.1) is 0 Å². The molecule has 0 aromatic carbocycles. The zero-order valence-electron chi connectivity index (χ0n) is 47.4. The Labute approximate surface area is 445 Å². The lowest BCUT2D eigenvalue weighted by molar-refractivity contribution is -0.167. The smallest absolute Gasteiger partial charge is 0.306 e. The average molecular weight is 1000 g/mol. The summed E-state index contributed by atoms with van der Waals surface area (Å²) in [6.07, 6.45) is 78.8. The fourth-order valence-electron chi connectivity index (χ4n) is 8.56. The van der Waals surface area contributed by atoms with Gasteiger partial charge in [-0.2, -0.15) is 0 Å². The Hall–Kier alpha value is -3.41. The first-order chi connectivity index (χ1) is 35.5. The van der Waals surface area contributed by atoms with E-state index in [1.165, 1.54) is 148 Å². The predicted molar refractivity (Wildman–Crippen MR) is 311 cm³/mol. The Balaban J connectivity index is 4.14. The standard InChI is InChI=1S/C66H114O6/c1-4-7-10-13-16-19-22-24-25-26-27-28-29-30-31-32-33-34-35-36-37-38-39-40-41-43-44-47-50-53-56-59-65(68)71-62-63(61-70-64(67)58-55-52-49-46-21-18-15-12-9-6-3)72-66(69)60-57-54-51-48-45-42-23-20-17-14-11-8-5-2/h7,10,16,19-20,23-25,27-28,30-31,33-34,63H,4-6,8-9,11-15,17-18,21-22,26,29,32,35-62H2,1-3H3/b10-7-,19-16-,23-20-,25-24-,28-27-,31-30-,34-33-. The van der Waals surface area contributed by atoms with Crippen molar-refractivity contribution in [3.63, 3.8) is 0 Å². The highest BCUT2D eigenvalue weighted by atomic mass is 16.6. The first-order valence-corrected chi connectivity index (χ1v) is 30.6. The molecule has 0 radical (unpaired) electrons. The second-order valence-electron chi connectivity index (χ2n) is 20.2. The first-order valence-electron chi connectivity index (χ1n) is 30.6. The minimum Gasteiger partial charge on any atom is -0.462 e. The molecular formula is C66H114O6. The maximum Gasteiger partial charge on any atom is 0.306 e. The normalized spacial score (nSPS) is 12.7. The molecule has 0 saturated heterocycles. The molecule has 0 amide bonds. The van der Waals surface area contributed by atoms with Gasteiger partial charge in [0.1, 0.15) is 13.2 Å². The summed E-state index contributed by atoms with van der Waals surface area (Å²) in [5, 5.41) is 0. The quantitative estimate of drug-likeness (QED) is 0.0261. The van der Waals surface area contributed by atoms with E-state index in [0.29, 0.717) is 19.3 Å². The monoisotopic (exact) mass is 1000 g/mol. The number of esters is 3. The maximum absolute atomic E-state index is 12.8. The van der Waals surface area contributed by atoms with Crippen molar-refractivity contribution in [3.05, 3.63) is 85.1 Å². The Morgan fingerprint density at radius 2 is 0.542 bits per heavy atom. The molecule has 414 valence electrons. The van der Waals surface area contributed by atoms with Crippen LogP contribution in [0.15, 0.2) is 85.1 Å². The van der Waals surface area contributed by atoms with Crippen LogP contribution in [0.25, 0.3) is 0 Å². The second kappa shape index (κ2) is 60.1. The number of hydrogen-bond donors (Lipinski definition) is 0. The van der Waals surface area contributed by atoms with Gasteiger partial charge in [-0.05, 0) is 96.3 Å². The highest BCUT2D eigenvalue weighted by Gasteiger charge is 2.19. The summed E-state index contributed by atoms with van der Waals surface area (Å²) in [5.74, 6) is -0.881. The van der Waals surface area contributed by atoms with Gasteiger partial charge in [0.2, 0.25) is 0 Å². The highest BCUT2D eigenvalue weighted by Crippen LogP contribution is 2.16. The van der Waals surface area contributed by atoms with Crippen LogP contribution in [0.1, 0.15) is 297 Å². The molecule has 6 nitrogen and oxygen atoms in total. The summed E-state index contributed by atoms with van der Waals surface area (Å²) in [6, 6.07) is 0. The highest BCUT2D eigenvalue weighted by molar-refractivity contribution is 5.71. The molecule has 0 aromatic rings. The van der Waals surface area contributed by atoms with Crippen molar-refractivity contribution in [2.75, 3.05) is 13.2 Å². The van der Waals surface area contributed by atoms with Crippen LogP contribution in [0.5, 0.6) is 0 Å². The van der Waals surface area contributed by atoms with E-state index in [0.717, 1.165) is 109 Å². The van der Waals surface area contributed by atoms with Gasteiger partial charge in [-0.15, -0.1) is 0 Å². The Morgan fingerprint density at radius 1 is 0.292 bits per heavy atom. The van der Waals surface area contributed by atoms with E-state index in [4.69, 9.17) is 14.2 Å². The molecule has 0 aliphatic heterocycles. The number of carbonyl (C=O) groups excluding carboxylic acids is 3. The second-order valence-corrected chi connectivity index (χ2v) is 20.2. The number of unbranched alkanes of at least 4 members (excludes halogenated alkanes) is 30. The van der Waals surface area contributed by atoms with Crippen molar-refractivity contribution in [2.24, 2.45) is 0 Å². The zero-order valence-corrected chi connectivity index (χ0v) is 47.4. The largest absolute Gasteiger partial charge is 0.462 e. The number of ether oxygens (including phenoxy) is 3. The van der Waals surface area contributed by atoms with Crippen LogP contribution >= 0.6 is 0 Å². The van der Waals surface area contributed by atoms with E-state index in [9.17, 15) is 14.4 Å². The van der Waals surface area contributed by atoms with Gasteiger partial charge < -0.3 is 14.2 Å². The molecule has 0 fully saturated rings. The Morgan fingerprint density at radius 3 is 0.875 bits per heavy atom. The molecule has 0 heterocycles. The fourth-order valence-corrected chi connectivity index (χ4v) is 8.56. The summed E-state index contributed by atoms with van der Waals surface area (Å²) in [5.41, 5.74) is 0. The number of rotatable bonds is 55. The van der Waals surface area contributed by atoms with Gasteiger partial charge in [-0.25, -0.2) is 0 Å². The van der Waals surface area contributed by atoms with Crippen molar-refractivity contribution < 1.29 is 28.6 Å². The van der Waals surface area contributed by atoms with Crippen molar-refractivity contribution in [3.8, 4) is 0 Å². The van der Waals surface area contributed by atoms with Crippen LogP contribution in [0.3, 0.4) is 0 Å². The van der Waals surface area contributed by atoms with Gasteiger partial charge >= 0.3 is 17.9 Å². The zero-order chi connectivity index (χ0) is 52.2. The lowest BCUT2D eigenvalue weighted by atomic mass is 10.0. The summed E-state index contributed by atoms with van der Waals surface area (Å²) >= 11 is 0.